The van der Waals surface area contributed by atoms with Crippen LogP contribution in [0.15, 0.2) is 47.1 Å². The first-order chi connectivity index (χ1) is 9.63. The third-order valence-electron chi connectivity index (χ3n) is 3.08. The number of hydrogen-bond acceptors (Lipinski definition) is 2. The molecule has 0 aliphatic carbocycles. The van der Waals surface area contributed by atoms with Crippen LogP contribution < -0.4 is 5.32 Å². The molecule has 1 amide bonds. The zero-order valence-electron chi connectivity index (χ0n) is 10.8. The first kappa shape index (κ1) is 12.9. The Bertz CT molecular complexity index is 795. The van der Waals surface area contributed by atoms with Crippen molar-refractivity contribution in [3.05, 3.63) is 58.3 Å². The molecule has 5 heteroatoms. The summed E-state index contributed by atoms with van der Waals surface area (Å²) in [5, 5.41) is 3.88. The SMILES string of the molecule is Cc1nc(NC(=O)c2ccc3cc[nH]c3c2)ccc1Br. The van der Waals surface area contributed by atoms with Crippen molar-refractivity contribution in [2.45, 2.75) is 6.92 Å². The van der Waals surface area contributed by atoms with E-state index in [9.17, 15) is 4.79 Å². The number of carbonyl (C=O) groups excluding carboxylic acids is 1. The number of hydrogen-bond donors (Lipinski definition) is 2. The van der Waals surface area contributed by atoms with E-state index in [1.807, 2.05) is 37.4 Å². The molecule has 3 rings (SSSR count). The van der Waals surface area contributed by atoms with Gasteiger partial charge in [-0.3, -0.25) is 4.79 Å². The first-order valence-corrected chi connectivity index (χ1v) is 6.94. The molecule has 2 heterocycles. The van der Waals surface area contributed by atoms with Gasteiger partial charge < -0.3 is 10.3 Å². The van der Waals surface area contributed by atoms with Gasteiger partial charge in [0.1, 0.15) is 5.82 Å². The van der Waals surface area contributed by atoms with Crippen molar-refractivity contribution < 1.29 is 4.79 Å². The Morgan fingerprint density at radius 2 is 2.10 bits per heavy atom. The summed E-state index contributed by atoms with van der Waals surface area (Å²) in [6.45, 7) is 1.88. The van der Waals surface area contributed by atoms with Gasteiger partial charge in [0, 0.05) is 21.7 Å². The lowest BCUT2D eigenvalue weighted by molar-refractivity contribution is 0.102. The van der Waals surface area contributed by atoms with Gasteiger partial charge in [-0.25, -0.2) is 4.98 Å². The quantitative estimate of drug-likeness (QED) is 0.749. The Balaban J connectivity index is 1.86. The van der Waals surface area contributed by atoms with Gasteiger partial charge in [0.05, 0.1) is 5.69 Å². The van der Waals surface area contributed by atoms with Gasteiger partial charge in [-0.15, -0.1) is 0 Å². The van der Waals surface area contributed by atoms with Crippen molar-refractivity contribution in [3.8, 4) is 0 Å². The zero-order chi connectivity index (χ0) is 14.1. The highest BCUT2D eigenvalue weighted by atomic mass is 79.9. The summed E-state index contributed by atoms with van der Waals surface area (Å²) in [6, 6.07) is 11.2. The molecule has 0 aliphatic rings. The highest BCUT2D eigenvalue weighted by Crippen LogP contribution is 2.18. The Morgan fingerprint density at radius 3 is 2.90 bits per heavy atom. The Morgan fingerprint density at radius 1 is 1.25 bits per heavy atom. The Hall–Kier alpha value is -2.14. The predicted molar refractivity (Wildman–Crippen MR) is 82.9 cm³/mol. The van der Waals surface area contributed by atoms with Crippen molar-refractivity contribution >= 4 is 38.6 Å². The lowest BCUT2D eigenvalue weighted by Gasteiger charge is -2.06. The second kappa shape index (κ2) is 5.09. The number of fused-ring (bicyclic) bond motifs is 1. The standard InChI is InChI=1S/C15H12BrN3O/c1-9-12(16)4-5-14(18-9)19-15(20)11-3-2-10-6-7-17-13(10)8-11/h2-8,17H,1H3,(H,18,19,20). The molecule has 0 bridgehead atoms. The highest BCUT2D eigenvalue weighted by Gasteiger charge is 2.08. The number of aryl methyl sites for hydroxylation is 1. The van der Waals surface area contributed by atoms with Gasteiger partial charge in [-0.1, -0.05) is 6.07 Å². The number of H-pyrrole nitrogens is 1. The average molecular weight is 330 g/mol. The van der Waals surface area contributed by atoms with Crippen molar-refractivity contribution in [3.63, 3.8) is 0 Å². The number of carbonyl (C=O) groups is 1. The molecule has 20 heavy (non-hydrogen) atoms. The topological polar surface area (TPSA) is 57.8 Å². The summed E-state index contributed by atoms with van der Waals surface area (Å²) in [5.74, 6) is 0.373. The fourth-order valence-corrected chi connectivity index (χ4v) is 2.21. The van der Waals surface area contributed by atoms with Crippen molar-refractivity contribution in [1.29, 1.82) is 0 Å². The van der Waals surface area contributed by atoms with Crippen LogP contribution >= 0.6 is 15.9 Å². The first-order valence-electron chi connectivity index (χ1n) is 6.15. The van der Waals surface area contributed by atoms with Gasteiger partial charge in [0.15, 0.2) is 0 Å². The predicted octanol–water partition coefficient (Wildman–Crippen LogP) is 3.89. The maximum atomic E-state index is 12.2. The lowest BCUT2D eigenvalue weighted by atomic mass is 10.1. The molecule has 0 atom stereocenters. The van der Waals surface area contributed by atoms with Gasteiger partial charge >= 0.3 is 0 Å². The minimum atomic E-state index is -0.171. The number of benzene rings is 1. The van der Waals surface area contributed by atoms with Crippen LogP contribution in [0.2, 0.25) is 0 Å². The third-order valence-corrected chi connectivity index (χ3v) is 3.92. The van der Waals surface area contributed by atoms with Crippen molar-refractivity contribution in [2.75, 3.05) is 5.32 Å². The van der Waals surface area contributed by atoms with Crippen LogP contribution in [-0.2, 0) is 0 Å². The summed E-state index contributed by atoms with van der Waals surface area (Å²) in [5.41, 5.74) is 2.38. The van der Waals surface area contributed by atoms with E-state index >= 15 is 0 Å². The molecule has 0 spiro atoms. The molecular formula is C15H12BrN3O. The van der Waals surface area contributed by atoms with Crippen molar-refractivity contribution in [1.82, 2.24) is 9.97 Å². The van der Waals surface area contributed by atoms with E-state index in [4.69, 9.17) is 0 Å². The van der Waals surface area contributed by atoms with Gasteiger partial charge in [0.2, 0.25) is 0 Å². The maximum Gasteiger partial charge on any atom is 0.256 e. The monoisotopic (exact) mass is 329 g/mol. The molecule has 0 saturated heterocycles. The molecule has 0 unspecified atom stereocenters. The fraction of sp³-hybridized carbons (Fsp3) is 0.0667. The third kappa shape index (κ3) is 2.44. The molecule has 4 nitrogen and oxygen atoms in total. The smallest absolute Gasteiger partial charge is 0.256 e. The van der Waals surface area contributed by atoms with E-state index in [0.29, 0.717) is 11.4 Å². The van der Waals surface area contributed by atoms with Crippen LogP contribution in [0.4, 0.5) is 5.82 Å². The molecule has 0 fully saturated rings. The number of aromatic amines is 1. The van der Waals surface area contributed by atoms with Crippen LogP contribution in [0.3, 0.4) is 0 Å². The van der Waals surface area contributed by atoms with Gasteiger partial charge in [-0.05, 0) is 58.6 Å². The minimum absolute atomic E-state index is 0.171. The van der Waals surface area contributed by atoms with E-state index in [-0.39, 0.29) is 5.91 Å². The number of pyridine rings is 1. The molecule has 1 aromatic carbocycles. The summed E-state index contributed by atoms with van der Waals surface area (Å²) < 4.78 is 0.920. The average Bonchev–Trinajstić information content (AvgIpc) is 2.90. The summed E-state index contributed by atoms with van der Waals surface area (Å²) in [7, 11) is 0. The largest absolute Gasteiger partial charge is 0.361 e. The number of halogens is 1. The molecular weight excluding hydrogens is 318 g/mol. The van der Waals surface area contributed by atoms with E-state index < -0.39 is 0 Å². The maximum absolute atomic E-state index is 12.2. The molecule has 100 valence electrons. The van der Waals surface area contributed by atoms with E-state index in [0.717, 1.165) is 21.1 Å². The summed E-state index contributed by atoms with van der Waals surface area (Å²) >= 11 is 3.38. The number of amides is 1. The van der Waals surface area contributed by atoms with Crippen LogP contribution in [0.1, 0.15) is 16.1 Å². The summed E-state index contributed by atoms with van der Waals surface area (Å²) in [4.78, 5) is 19.6. The zero-order valence-corrected chi connectivity index (χ0v) is 12.4. The van der Waals surface area contributed by atoms with Crippen LogP contribution in [-0.4, -0.2) is 15.9 Å². The molecule has 2 aromatic heterocycles. The molecule has 0 aliphatic heterocycles. The highest BCUT2D eigenvalue weighted by molar-refractivity contribution is 9.10. The number of anilines is 1. The van der Waals surface area contributed by atoms with Gasteiger partial charge in [-0.2, -0.15) is 0 Å². The molecule has 0 radical (unpaired) electrons. The number of nitrogens with one attached hydrogen (secondary N) is 2. The minimum Gasteiger partial charge on any atom is -0.361 e. The van der Waals surface area contributed by atoms with Gasteiger partial charge in [0.25, 0.3) is 5.91 Å². The second-order valence-corrected chi connectivity index (χ2v) is 5.35. The van der Waals surface area contributed by atoms with Crippen molar-refractivity contribution in [2.24, 2.45) is 0 Å². The number of rotatable bonds is 2. The van der Waals surface area contributed by atoms with E-state index in [1.165, 1.54) is 0 Å². The normalized spacial score (nSPS) is 10.7. The van der Waals surface area contributed by atoms with E-state index in [1.54, 1.807) is 12.1 Å². The van der Waals surface area contributed by atoms with Crippen LogP contribution in [0.5, 0.6) is 0 Å². The van der Waals surface area contributed by atoms with Crippen LogP contribution in [0, 0.1) is 6.92 Å². The van der Waals surface area contributed by atoms with Crippen LogP contribution in [0.25, 0.3) is 10.9 Å². The molecule has 0 saturated carbocycles. The number of nitrogens with zero attached hydrogens (tertiary/aromatic N) is 1. The van der Waals surface area contributed by atoms with E-state index in [2.05, 4.69) is 31.2 Å². The number of aromatic nitrogens is 2. The fourth-order valence-electron chi connectivity index (χ4n) is 1.99. The summed E-state index contributed by atoms with van der Waals surface area (Å²) in [6.07, 6.45) is 1.85. The second-order valence-electron chi connectivity index (χ2n) is 4.50. The molecule has 3 aromatic rings. The molecule has 2 N–H and O–H groups in total. The lowest BCUT2D eigenvalue weighted by Crippen LogP contribution is -2.13. The Labute approximate surface area is 124 Å². The Kier molecular flexibility index (Phi) is 3.28.